The van der Waals surface area contributed by atoms with Gasteiger partial charge in [-0.15, -0.1) is 0 Å². The van der Waals surface area contributed by atoms with E-state index in [4.69, 9.17) is 16.4 Å². The average molecular weight is 455 g/mol. The summed E-state index contributed by atoms with van der Waals surface area (Å²) in [4.78, 5) is 41.3. The summed E-state index contributed by atoms with van der Waals surface area (Å²) in [6.07, 6.45) is -6.21. The van der Waals surface area contributed by atoms with Crippen molar-refractivity contribution in [1.29, 1.82) is 0 Å². The predicted molar refractivity (Wildman–Crippen MR) is 119 cm³/mol. The van der Waals surface area contributed by atoms with Crippen LogP contribution in [0.25, 0.3) is 0 Å². The minimum atomic E-state index is -3.17. The molecule has 3 aliphatic heterocycles. The minimum absolute atomic E-state index is 0.192. The second-order valence-corrected chi connectivity index (χ2v) is 8.14. The Morgan fingerprint density at radius 3 is 2.64 bits per heavy atom. The number of amides is 3. The van der Waals surface area contributed by atoms with E-state index < -0.39 is 36.5 Å². The Labute approximate surface area is 199 Å². The first-order chi connectivity index (χ1) is 18.0. The van der Waals surface area contributed by atoms with Crippen molar-refractivity contribution < 1.29 is 30.8 Å². The largest absolute Gasteiger partial charge is 0.489 e. The van der Waals surface area contributed by atoms with Crippen LogP contribution in [0.15, 0.2) is 42.5 Å². The van der Waals surface area contributed by atoms with Gasteiger partial charge in [0.1, 0.15) is 18.4 Å². The maximum absolute atomic E-state index is 13.2. The van der Waals surface area contributed by atoms with Crippen LogP contribution < -0.4 is 10.0 Å². The molecule has 1 unspecified atom stereocenters. The fraction of sp³-hybridized carbons (Fsp3) is 0.400. The number of nitrogens with one attached hydrogen (secondary N) is 1. The second-order valence-electron chi connectivity index (χ2n) is 8.14. The lowest BCUT2D eigenvalue weighted by Gasteiger charge is -2.29. The molecule has 2 fully saturated rings. The number of piperidine rings is 1. The van der Waals surface area contributed by atoms with Crippen LogP contribution in [0.5, 0.6) is 5.75 Å². The van der Waals surface area contributed by atoms with Crippen LogP contribution in [-0.4, -0.2) is 59.9 Å². The Morgan fingerprint density at radius 1 is 1.09 bits per heavy atom. The van der Waals surface area contributed by atoms with Gasteiger partial charge in [-0.3, -0.25) is 24.6 Å². The summed E-state index contributed by atoms with van der Waals surface area (Å²) in [5.74, 6) is -3.22. The number of fused-ring (bicyclic) bond motifs is 1. The second kappa shape index (κ2) is 9.33. The van der Waals surface area contributed by atoms with Gasteiger partial charge in [0.15, 0.2) is 1.41 Å². The number of imide groups is 1. The number of hydrogen-bond donors (Lipinski definition) is 1. The highest BCUT2D eigenvalue weighted by Gasteiger charge is 2.40. The first-order valence-electron chi connectivity index (χ1n) is 13.3. The van der Waals surface area contributed by atoms with Gasteiger partial charge in [0, 0.05) is 42.6 Å². The molecule has 3 heterocycles. The predicted octanol–water partition coefficient (Wildman–Crippen LogP) is 1.86. The maximum atomic E-state index is 13.2. The third-order valence-electron chi connectivity index (χ3n) is 5.95. The Balaban J connectivity index is 1.31. The molecular formula is C25H27N3O5. The van der Waals surface area contributed by atoms with E-state index in [9.17, 15) is 14.4 Å². The van der Waals surface area contributed by atoms with E-state index in [2.05, 4.69) is 4.90 Å². The molecule has 8 heteroatoms. The lowest BCUT2D eigenvalue weighted by atomic mass is 10.0. The fourth-order valence-electron chi connectivity index (χ4n) is 4.18. The SMILES string of the molecule is [2H]N1C(=O)C(N2Cc3c(OCc4ccc(CN5CCOCC5)cc4)cccc3C2=O)C([2H])([2H])C([2H])([2H])C1=O. The lowest BCUT2D eigenvalue weighted by molar-refractivity contribution is -0.136. The highest BCUT2D eigenvalue weighted by atomic mass is 16.5. The van der Waals surface area contributed by atoms with Crippen LogP contribution in [-0.2, 0) is 34.0 Å². The van der Waals surface area contributed by atoms with Crippen molar-refractivity contribution >= 4 is 17.7 Å². The highest BCUT2D eigenvalue weighted by molar-refractivity contribution is 6.05. The van der Waals surface area contributed by atoms with Crippen molar-refractivity contribution in [1.82, 2.24) is 15.1 Å². The standard InChI is InChI=1S/C25H27N3O5/c29-23-9-8-21(24(30)26-23)28-15-20-19(25(28)31)2-1-3-22(20)33-16-18-6-4-17(5-7-18)14-27-10-12-32-13-11-27/h1-7,21H,8-16H2,(H,26,29,30)/i8D2,9D2/hD. The normalized spacial score (nSPS) is 26.7. The summed E-state index contributed by atoms with van der Waals surface area (Å²) >= 11 is 0. The van der Waals surface area contributed by atoms with Gasteiger partial charge in [-0.05, 0) is 29.6 Å². The van der Waals surface area contributed by atoms with Gasteiger partial charge in [0.2, 0.25) is 11.8 Å². The number of rotatable bonds is 6. The van der Waals surface area contributed by atoms with E-state index in [-0.39, 0.29) is 24.0 Å². The smallest absolute Gasteiger partial charge is 0.255 e. The van der Waals surface area contributed by atoms with E-state index in [1.54, 1.807) is 12.1 Å². The van der Waals surface area contributed by atoms with Crippen LogP contribution in [0.3, 0.4) is 0 Å². The van der Waals surface area contributed by atoms with Crippen molar-refractivity contribution in [2.45, 2.75) is 38.5 Å². The van der Waals surface area contributed by atoms with Crippen LogP contribution >= 0.6 is 0 Å². The first-order valence-corrected chi connectivity index (χ1v) is 10.8. The van der Waals surface area contributed by atoms with E-state index in [0.29, 0.717) is 11.3 Å². The van der Waals surface area contributed by atoms with Crippen molar-refractivity contribution in [2.75, 3.05) is 26.3 Å². The van der Waals surface area contributed by atoms with Gasteiger partial charge in [-0.25, -0.2) is 0 Å². The Bertz CT molecular complexity index is 1270. The molecule has 172 valence electrons. The molecular weight excluding hydrogens is 422 g/mol. The molecule has 0 saturated carbocycles. The van der Waals surface area contributed by atoms with E-state index in [1.165, 1.54) is 11.6 Å². The molecule has 2 saturated heterocycles. The maximum Gasteiger partial charge on any atom is 0.255 e. The minimum Gasteiger partial charge on any atom is -0.489 e. The molecule has 0 radical (unpaired) electrons. The number of carbonyl (C=O) groups is 3. The molecule has 8 nitrogen and oxygen atoms in total. The van der Waals surface area contributed by atoms with Crippen molar-refractivity contribution in [3.63, 3.8) is 0 Å². The summed E-state index contributed by atoms with van der Waals surface area (Å²) in [5.41, 5.74) is 2.70. The molecule has 33 heavy (non-hydrogen) atoms. The third-order valence-corrected chi connectivity index (χ3v) is 5.95. The van der Waals surface area contributed by atoms with Crippen LogP contribution in [0.4, 0.5) is 0 Å². The zero-order valence-corrected chi connectivity index (χ0v) is 18.0. The number of carbonyl (C=O) groups excluding carboxylic acids is 3. The molecule has 5 rings (SSSR count). The molecule has 1 atom stereocenters. The van der Waals surface area contributed by atoms with Crippen molar-refractivity contribution in [2.24, 2.45) is 0 Å². The summed E-state index contributed by atoms with van der Waals surface area (Å²) < 4.78 is 51.4. The summed E-state index contributed by atoms with van der Waals surface area (Å²) in [6, 6.07) is 10.8. The molecule has 0 spiro atoms. The molecule has 2 aromatic carbocycles. The number of benzene rings is 2. The molecule has 0 aromatic heterocycles. The van der Waals surface area contributed by atoms with Gasteiger partial charge in [0.25, 0.3) is 5.91 Å². The van der Waals surface area contributed by atoms with E-state index in [1.807, 2.05) is 24.3 Å². The number of nitrogens with zero attached hydrogens (tertiary/aromatic N) is 2. The highest BCUT2D eigenvalue weighted by Crippen LogP contribution is 2.34. The average Bonchev–Trinajstić information content (AvgIpc) is 3.23. The van der Waals surface area contributed by atoms with Crippen LogP contribution in [0, 0.1) is 0 Å². The summed E-state index contributed by atoms with van der Waals surface area (Å²) in [5, 5.41) is -0.192. The van der Waals surface area contributed by atoms with Gasteiger partial charge >= 0.3 is 0 Å². The van der Waals surface area contributed by atoms with E-state index in [0.717, 1.165) is 43.3 Å². The Hall–Kier alpha value is -3.23. The monoisotopic (exact) mass is 454 g/mol. The quantitative estimate of drug-likeness (QED) is 0.671. The number of hydrogen-bond acceptors (Lipinski definition) is 6. The van der Waals surface area contributed by atoms with Gasteiger partial charge in [0.05, 0.1) is 19.8 Å². The zero-order chi connectivity index (χ0) is 27.2. The Morgan fingerprint density at radius 2 is 1.85 bits per heavy atom. The molecule has 3 aliphatic rings. The third kappa shape index (κ3) is 4.62. The van der Waals surface area contributed by atoms with E-state index >= 15 is 0 Å². The molecule has 2 aromatic rings. The van der Waals surface area contributed by atoms with Gasteiger partial charge < -0.3 is 14.4 Å². The van der Waals surface area contributed by atoms with Gasteiger partial charge in [-0.1, -0.05) is 30.3 Å². The van der Waals surface area contributed by atoms with Crippen molar-refractivity contribution in [3.05, 3.63) is 64.7 Å². The number of morpholine rings is 1. The zero-order valence-electron chi connectivity index (χ0n) is 23.0. The topological polar surface area (TPSA) is 88.2 Å². The number of ether oxygens (including phenoxy) is 2. The lowest BCUT2D eigenvalue weighted by Crippen LogP contribution is -2.52. The summed E-state index contributed by atoms with van der Waals surface area (Å²) in [6.45, 7) is 4.09. The van der Waals surface area contributed by atoms with Crippen LogP contribution in [0.2, 0.25) is 1.41 Å². The Kier molecular flexibility index (Phi) is 4.63. The molecule has 0 aliphatic carbocycles. The van der Waals surface area contributed by atoms with Crippen molar-refractivity contribution in [3.8, 4) is 5.75 Å². The molecule has 0 bridgehead atoms. The molecule has 1 N–H and O–H groups in total. The van der Waals surface area contributed by atoms with Gasteiger partial charge in [-0.2, -0.15) is 0 Å². The summed E-state index contributed by atoms with van der Waals surface area (Å²) in [7, 11) is 0. The fourth-order valence-corrected chi connectivity index (χ4v) is 4.18. The van der Waals surface area contributed by atoms with Crippen LogP contribution in [0.1, 0.15) is 45.3 Å². The molecule has 3 amide bonds. The first kappa shape index (κ1) is 16.4.